The van der Waals surface area contributed by atoms with Gasteiger partial charge in [0.1, 0.15) is 11.4 Å². The average Bonchev–Trinajstić information content (AvgIpc) is 3.14. The zero-order valence-electron chi connectivity index (χ0n) is 12.6. The van der Waals surface area contributed by atoms with Crippen molar-refractivity contribution in [3.63, 3.8) is 0 Å². The first-order chi connectivity index (χ1) is 12.0. The molecule has 1 amide bonds. The van der Waals surface area contributed by atoms with Crippen molar-refractivity contribution in [1.29, 1.82) is 0 Å². The summed E-state index contributed by atoms with van der Waals surface area (Å²) in [6, 6.07) is 12.9. The number of hydrogen-bond acceptors (Lipinski definition) is 6. The summed E-state index contributed by atoms with van der Waals surface area (Å²) in [5, 5.41) is 4.32. The summed E-state index contributed by atoms with van der Waals surface area (Å²) >= 11 is 5.93. The lowest BCUT2D eigenvalue weighted by Crippen LogP contribution is -2.29. The van der Waals surface area contributed by atoms with Gasteiger partial charge in [-0.15, -0.1) is 0 Å². The average molecular weight is 376 g/mol. The van der Waals surface area contributed by atoms with Crippen LogP contribution in [-0.2, 0) is 16.6 Å². The van der Waals surface area contributed by atoms with Crippen LogP contribution < -0.4 is 0 Å². The predicted molar refractivity (Wildman–Crippen MR) is 88.2 cm³/mol. The first-order valence-electron chi connectivity index (χ1n) is 7.21. The molecule has 0 saturated heterocycles. The van der Waals surface area contributed by atoms with E-state index in [1.807, 2.05) is 0 Å². The maximum atomic E-state index is 12.5. The number of carbonyl (C=O) groups is 1. The van der Waals surface area contributed by atoms with Crippen molar-refractivity contribution in [2.24, 2.45) is 0 Å². The number of aromatic nitrogens is 2. The molecule has 126 valence electrons. The number of rotatable bonds is 3. The highest BCUT2D eigenvalue weighted by molar-refractivity contribution is 7.90. The molecule has 1 aromatic heterocycles. The van der Waals surface area contributed by atoms with Crippen molar-refractivity contribution >= 4 is 27.5 Å². The molecule has 0 N–H and O–H groups in total. The topological polar surface area (TPSA) is 93.4 Å². The van der Waals surface area contributed by atoms with E-state index in [-0.39, 0.29) is 28.7 Å². The lowest BCUT2D eigenvalue weighted by atomic mass is 10.2. The van der Waals surface area contributed by atoms with Crippen LogP contribution in [0.4, 0.5) is 0 Å². The van der Waals surface area contributed by atoms with E-state index in [4.69, 9.17) is 16.1 Å². The molecular weight excluding hydrogens is 366 g/mol. The van der Waals surface area contributed by atoms with Crippen LogP contribution in [0.2, 0.25) is 5.02 Å². The van der Waals surface area contributed by atoms with E-state index in [1.165, 1.54) is 12.1 Å². The third-order valence-corrected chi connectivity index (χ3v) is 5.76. The summed E-state index contributed by atoms with van der Waals surface area (Å²) in [4.78, 5) is 16.5. The lowest BCUT2D eigenvalue weighted by Gasteiger charge is -2.11. The Morgan fingerprint density at radius 3 is 2.68 bits per heavy atom. The second-order valence-electron chi connectivity index (χ2n) is 5.34. The van der Waals surface area contributed by atoms with Gasteiger partial charge < -0.3 is 4.52 Å². The molecule has 2 aromatic carbocycles. The summed E-state index contributed by atoms with van der Waals surface area (Å²) < 4.78 is 30.9. The van der Waals surface area contributed by atoms with Crippen LogP contribution >= 0.6 is 11.6 Å². The van der Waals surface area contributed by atoms with E-state index in [2.05, 4.69) is 10.1 Å². The van der Waals surface area contributed by atoms with Gasteiger partial charge in [0.25, 0.3) is 15.9 Å². The minimum Gasteiger partial charge on any atom is -0.337 e. The summed E-state index contributed by atoms with van der Waals surface area (Å²) in [7, 11) is -3.92. The van der Waals surface area contributed by atoms with Crippen molar-refractivity contribution in [1.82, 2.24) is 14.4 Å². The van der Waals surface area contributed by atoms with Gasteiger partial charge in [0.15, 0.2) is 0 Å². The summed E-state index contributed by atoms with van der Waals surface area (Å²) in [6.45, 7) is -0.330. The van der Waals surface area contributed by atoms with Crippen LogP contribution in [0.25, 0.3) is 11.4 Å². The van der Waals surface area contributed by atoms with E-state index in [0.717, 1.165) is 4.31 Å². The molecule has 0 radical (unpaired) electrons. The van der Waals surface area contributed by atoms with Gasteiger partial charge in [-0.3, -0.25) is 4.79 Å². The molecule has 0 bridgehead atoms. The van der Waals surface area contributed by atoms with Gasteiger partial charge in [0, 0.05) is 10.6 Å². The van der Waals surface area contributed by atoms with E-state index < -0.39 is 15.9 Å². The first-order valence-corrected chi connectivity index (χ1v) is 9.03. The molecule has 1 aliphatic heterocycles. The van der Waals surface area contributed by atoms with Crippen LogP contribution in [0.5, 0.6) is 0 Å². The van der Waals surface area contributed by atoms with Gasteiger partial charge in [-0.05, 0) is 24.3 Å². The molecule has 2 heterocycles. The van der Waals surface area contributed by atoms with Crippen molar-refractivity contribution < 1.29 is 17.7 Å². The first kappa shape index (κ1) is 15.8. The Hall–Kier alpha value is -2.71. The summed E-state index contributed by atoms with van der Waals surface area (Å²) in [6.07, 6.45) is 0. The molecule has 4 rings (SSSR count). The molecule has 25 heavy (non-hydrogen) atoms. The number of amides is 1. The molecule has 0 unspecified atom stereocenters. The fourth-order valence-electron chi connectivity index (χ4n) is 2.57. The molecule has 0 fully saturated rings. The number of nitrogens with zero attached hydrogens (tertiary/aromatic N) is 3. The normalized spacial score (nSPS) is 15.4. The largest absolute Gasteiger partial charge is 0.337 e. The number of halogens is 1. The minimum atomic E-state index is -3.92. The molecule has 9 heteroatoms. The highest BCUT2D eigenvalue weighted by atomic mass is 35.5. The monoisotopic (exact) mass is 375 g/mol. The zero-order chi connectivity index (χ0) is 17.6. The van der Waals surface area contributed by atoms with E-state index in [1.54, 1.807) is 36.4 Å². The molecule has 0 atom stereocenters. The molecule has 3 aromatic rings. The molecule has 7 nitrogen and oxygen atoms in total. The highest BCUT2D eigenvalue weighted by Gasteiger charge is 2.41. The second kappa shape index (κ2) is 5.68. The van der Waals surface area contributed by atoms with Crippen LogP contribution in [0, 0.1) is 0 Å². The van der Waals surface area contributed by atoms with Gasteiger partial charge in [-0.1, -0.05) is 41.0 Å². The Balaban J connectivity index is 1.65. The lowest BCUT2D eigenvalue weighted by molar-refractivity contribution is 0.0855. The number of benzene rings is 2. The molecule has 0 aliphatic carbocycles. The maximum absolute atomic E-state index is 12.5. The minimum absolute atomic E-state index is 0.0136. The zero-order valence-corrected chi connectivity index (χ0v) is 14.2. The second-order valence-corrected chi connectivity index (χ2v) is 7.60. The van der Waals surface area contributed by atoms with Crippen molar-refractivity contribution in [3.05, 3.63) is 65.0 Å². The van der Waals surface area contributed by atoms with Gasteiger partial charge in [-0.25, -0.2) is 12.7 Å². The third-order valence-electron chi connectivity index (χ3n) is 3.74. The van der Waals surface area contributed by atoms with Crippen LogP contribution in [0.1, 0.15) is 16.2 Å². The Kier molecular flexibility index (Phi) is 3.59. The van der Waals surface area contributed by atoms with Crippen molar-refractivity contribution in [2.75, 3.05) is 0 Å². The Morgan fingerprint density at radius 2 is 1.92 bits per heavy atom. The molecular formula is C16H10ClN3O4S. The van der Waals surface area contributed by atoms with Crippen LogP contribution in [0.3, 0.4) is 0 Å². The Bertz CT molecular complexity index is 1090. The van der Waals surface area contributed by atoms with Gasteiger partial charge in [-0.2, -0.15) is 4.98 Å². The number of fused-ring (bicyclic) bond motifs is 1. The van der Waals surface area contributed by atoms with Gasteiger partial charge in [0.05, 0.1) is 5.56 Å². The third kappa shape index (κ3) is 2.59. The predicted octanol–water partition coefficient (Wildman–Crippen LogP) is 2.73. The molecule has 1 aliphatic rings. The van der Waals surface area contributed by atoms with Gasteiger partial charge in [0.2, 0.25) is 11.7 Å². The summed E-state index contributed by atoms with van der Waals surface area (Å²) in [5.41, 5.74) is 0.762. The van der Waals surface area contributed by atoms with Crippen LogP contribution in [-0.4, -0.2) is 28.8 Å². The fraction of sp³-hybridized carbons (Fsp3) is 0.0625. The SMILES string of the molecule is O=C1c2ccccc2S(=O)(=O)N1Cc1nc(-c2cccc(Cl)c2)no1. The van der Waals surface area contributed by atoms with E-state index in [0.29, 0.717) is 10.6 Å². The number of hydrogen-bond donors (Lipinski definition) is 0. The standard InChI is InChI=1S/C16H10ClN3O4S/c17-11-5-3-4-10(8-11)15-18-14(24-19-15)9-20-16(21)12-6-1-2-7-13(12)25(20,22)23/h1-8H,9H2. The number of carbonyl (C=O) groups excluding carboxylic acids is 1. The maximum Gasteiger partial charge on any atom is 0.269 e. The highest BCUT2D eigenvalue weighted by Crippen LogP contribution is 2.31. The van der Waals surface area contributed by atoms with E-state index in [9.17, 15) is 13.2 Å². The Morgan fingerprint density at radius 1 is 1.12 bits per heavy atom. The Labute approximate surface area is 147 Å². The van der Waals surface area contributed by atoms with Crippen LogP contribution in [0.15, 0.2) is 57.9 Å². The van der Waals surface area contributed by atoms with Gasteiger partial charge >= 0.3 is 0 Å². The fourth-order valence-corrected chi connectivity index (χ4v) is 4.28. The van der Waals surface area contributed by atoms with E-state index >= 15 is 0 Å². The van der Waals surface area contributed by atoms with Crippen molar-refractivity contribution in [3.8, 4) is 11.4 Å². The molecule has 0 spiro atoms. The quantitative estimate of drug-likeness (QED) is 0.698. The summed E-state index contributed by atoms with van der Waals surface area (Å²) in [5.74, 6) is -0.336. The van der Waals surface area contributed by atoms with Crippen molar-refractivity contribution in [2.45, 2.75) is 11.4 Å². The smallest absolute Gasteiger partial charge is 0.269 e. The number of sulfonamides is 1. The molecule has 0 saturated carbocycles.